The number of ether oxygens (including phenoxy) is 2. The number of azo groups is 1. The molecule has 5 aromatic rings. The van der Waals surface area contributed by atoms with Crippen LogP contribution in [0.2, 0.25) is 0 Å². The summed E-state index contributed by atoms with van der Waals surface area (Å²) in [5.74, 6) is 1.51. The first-order valence-electron chi connectivity index (χ1n) is 14.0. The second-order valence-corrected chi connectivity index (χ2v) is 10.6. The van der Waals surface area contributed by atoms with Gasteiger partial charge in [-0.2, -0.15) is 10.5 Å². The van der Waals surface area contributed by atoms with Gasteiger partial charge in [0.05, 0.1) is 14.2 Å². The highest BCUT2D eigenvalue weighted by Crippen LogP contribution is 2.64. The Morgan fingerprint density at radius 3 is 1.65 bits per heavy atom. The van der Waals surface area contributed by atoms with Gasteiger partial charge in [0, 0.05) is 23.5 Å². The van der Waals surface area contributed by atoms with E-state index in [1.807, 2.05) is 103 Å². The molecule has 212 valence electrons. The second kappa shape index (κ2) is 10.6. The van der Waals surface area contributed by atoms with Gasteiger partial charge in [0.25, 0.3) is 0 Å². The summed E-state index contributed by atoms with van der Waals surface area (Å²) in [5.41, 5.74) is 7.73. The summed E-state index contributed by atoms with van der Waals surface area (Å²) in [4.78, 5) is 6.01. The van der Waals surface area contributed by atoms with Gasteiger partial charge in [-0.25, -0.2) is 0 Å². The molecule has 0 aliphatic carbocycles. The quantitative estimate of drug-likeness (QED) is 0.143. The topological polar surface area (TPSA) is 54.4 Å². The number of para-hydroxylation sites is 1. The largest absolute Gasteiger partial charge is 0.497 e. The van der Waals surface area contributed by atoms with E-state index < -0.39 is 11.3 Å². The van der Waals surface area contributed by atoms with Crippen LogP contribution in [0.4, 0.5) is 17.1 Å². The number of fused-ring (bicyclic) bond motifs is 1. The lowest BCUT2D eigenvalue weighted by Crippen LogP contribution is -2.53. The molecule has 0 saturated carbocycles. The first kappa shape index (κ1) is 26.7. The third-order valence-electron chi connectivity index (χ3n) is 8.00. The van der Waals surface area contributed by atoms with Crippen LogP contribution < -0.4 is 19.3 Å². The van der Waals surface area contributed by atoms with Gasteiger partial charge in [0.1, 0.15) is 11.5 Å². The van der Waals surface area contributed by atoms with Crippen molar-refractivity contribution in [2.24, 2.45) is 5.11 Å². The van der Waals surface area contributed by atoms with Crippen molar-refractivity contribution < 1.29 is 14.3 Å². The van der Waals surface area contributed by atoms with Crippen LogP contribution in [0, 0.1) is 0 Å². The number of nitrogens with zero attached hydrogens (tertiary/aromatic N) is 5. The van der Waals surface area contributed by atoms with Crippen LogP contribution in [0.3, 0.4) is 0 Å². The number of methoxy groups -OCH3 is 2. The van der Waals surface area contributed by atoms with E-state index in [2.05, 4.69) is 46.2 Å². The van der Waals surface area contributed by atoms with Crippen LogP contribution in [0.1, 0.15) is 11.1 Å². The molecule has 2 unspecified atom stereocenters. The Morgan fingerprint density at radius 1 is 0.605 bits per heavy atom. The Labute approximate surface area is 256 Å². The summed E-state index contributed by atoms with van der Waals surface area (Å²) in [5, 5.41) is 6.12. The lowest BCUT2D eigenvalue weighted by molar-refractivity contribution is -0.457. The van der Waals surface area contributed by atoms with E-state index >= 15 is 0 Å². The predicted octanol–water partition coefficient (Wildman–Crippen LogP) is 8.12. The maximum absolute atomic E-state index is 6.44. The first-order valence-corrected chi connectivity index (χ1v) is 14.4. The molecule has 0 N–H and O–H groups in total. The van der Waals surface area contributed by atoms with Gasteiger partial charge in [0.2, 0.25) is 5.69 Å². The molecule has 7 rings (SSSR count). The van der Waals surface area contributed by atoms with E-state index in [1.54, 1.807) is 19.0 Å². The van der Waals surface area contributed by atoms with Crippen molar-refractivity contribution in [1.82, 2.24) is 0 Å². The number of hydrogen-bond acceptors (Lipinski definition) is 4. The maximum Gasteiger partial charge on any atom is 0.225 e. The third-order valence-corrected chi connectivity index (χ3v) is 8.36. The minimum atomic E-state index is -1.14. The molecule has 7 nitrogen and oxygen atoms in total. The normalized spacial score (nSPS) is 20.8. The van der Waals surface area contributed by atoms with Gasteiger partial charge >= 0.3 is 0 Å². The summed E-state index contributed by atoms with van der Waals surface area (Å²) in [6.45, 7) is 0. The molecular weight excluding hydrogens is 554 g/mol. The van der Waals surface area contributed by atoms with Crippen molar-refractivity contribution in [1.29, 1.82) is 0 Å². The Hall–Kier alpha value is -5.21. The zero-order valence-corrected chi connectivity index (χ0v) is 24.6. The van der Waals surface area contributed by atoms with Crippen molar-refractivity contribution in [2.75, 3.05) is 24.0 Å². The number of anilines is 2. The Morgan fingerprint density at radius 2 is 1.09 bits per heavy atom. The van der Waals surface area contributed by atoms with Crippen LogP contribution >= 0.6 is 12.2 Å². The summed E-state index contributed by atoms with van der Waals surface area (Å²) in [6.07, 6.45) is 0. The van der Waals surface area contributed by atoms with Crippen LogP contribution in [-0.2, 0) is 11.3 Å². The molecule has 8 heteroatoms. The van der Waals surface area contributed by atoms with E-state index in [9.17, 15) is 0 Å². The monoisotopic (exact) mass is 583 g/mol. The molecule has 0 amide bonds. The van der Waals surface area contributed by atoms with Crippen molar-refractivity contribution in [2.45, 2.75) is 11.3 Å². The maximum atomic E-state index is 6.44. The minimum Gasteiger partial charge on any atom is -0.497 e. The lowest BCUT2D eigenvalue weighted by Gasteiger charge is -2.46. The number of hydrogen-bond donors (Lipinski definition) is 0. The van der Waals surface area contributed by atoms with E-state index in [0.717, 1.165) is 39.7 Å². The zero-order valence-electron chi connectivity index (χ0n) is 23.7. The number of thiocarbonyl (C=S) groups is 1. The molecule has 2 heterocycles. The Balaban J connectivity index is 1.59. The van der Waals surface area contributed by atoms with E-state index in [1.165, 1.54) is 0 Å². The van der Waals surface area contributed by atoms with Crippen LogP contribution in [-0.4, -0.2) is 24.1 Å². The van der Waals surface area contributed by atoms with Gasteiger partial charge in [-0.05, 0) is 71.9 Å². The molecule has 2 atom stereocenters. The summed E-state index contributed by atoms with van der Waals surface area (Å²) < 4.78 is 11.0. The zero-order chi connectivity index (χ0) is 29.4. The summed E-state index contributed by atoms with van der Waals surface area (Å²) >= 11 is 6.44. The highest BCUT2D eigenvalue weighted by molar-refractivity contribution is 7.80. The highest BCUT2D eigenvalue weighted by atomic mass is 32.1. The van der Waals surface area contributed by atoms with Gasteiger partial charge in [-0.1, -0.05) is 78.9 Å². The predicted molar refractivity (Wildman–Crippen MR) is 172 cm³/mol. The molecule has 1 saturated heterocycles. The van der Waals surface area contributed by atoms with Crippen LogP contribution in [0.25, 0.3) is 5.43 Å². The van der Waals surface area contributed by atoms with Crippen molar-refractivity contribution >= 4 is 34.4 Å². The Bertz CT molecular complexity index is 1780. The summed E-state index contributed by atoms with van der Waals surface area (Å²) in [6, 6.07) is 46.4. The first-order chi connectivity index (χ1) is 21.1. The van der Waals surface area contributed by atoms with Gasteiger partial charge in [-0.3, -0.25) is 0 Å². The van der Waals surface area contributed by atoms with Crippen LogP contribution in [0.5, 0.6) is 11.5 Å². The molecule has 2 aliphatic heterocycles. The standard InChI is InChI=1S/C35H29N5O2S/c1-41-31-22-18-29(19-23-31)39-33(43)38(28-16-10-5-11-17-28)34(26-12-6-3-7-13-26)35(39,27-14-8-4-9-15-27)37-40(36-34)30-20-24-32(42-2)25-21-30/h3-25H,1-2H3. The van der Waals surface area contributed by atoms with Crippen molar-refractivity contribution in [3.63, 3.8) is 0 Å². The molecule has 0 bridgehead atoms. The van der Waals surface area contributed by atoms with Gasteiger partial charge in [0.15, 0.2) is 16.4 Å². The Kier molecular flexibility index (Phi) is 6.55. The average Bonchev–Trinajstić information content (AvgIpc) is 3.53. The third kappa shape index (κ3) is 3.98. The lowest BCUT2D eigenvalue weighted by atomic mass is 9.81. The molecule has 2 aliphatic rings. The fraction of sp³-hybridized carbons (Fsp3) is 0.114. The van der Waals surface area contributed by atoms with E-state index in [4.69, 9.17) is 32.2 Å². The molecular formula is C35H29N5O2S. The van der Waals surface area contributed by atoms with E-state index in [0.29, 0.717) is 5.11 Å². The van der Waals surface area contributed by atoms with Gasteiger partial charge < -0.3 is 19.3 Å². The summed E-state index contributed by atoms with van der Waals surface area (Å²) in [7, 11) is 3.32. The fourth-order valence-corrected chi connectivity index (χ4v) is 6.54. The highest BCUT2D eigenvalue weighted by Gasteiger charge is 2.70. The molecule has 0 spiro atoms. The molecule has 1 fully saturated rings. The van der Waals surface area contributed by atoms with Crippen LogP contribution in [0.15, 0.2) is 145 Å². The fourth-order valence-electron chi connectivity index (χ4n) is 6.07. The van der Waals surface area contributed by atoms with Crippen molar-refractivity contribution in [3.05, 3.63) is 156 Å². The van der Waals surface area contributed by atoms with E-state index in [-0.39, 0.29) is 0 Å². The number of rotatable bonds is 7. The van der Waals surface area contributed by atoms with Gasteiger partial charge in [-0.15, -0.1) is 4.81 Å². The molecule has 0 aromatic heterocycles. The SMILES string of the molecule is COc1ccc(N2C(=S)N(c3ccccc3)C3(c4ccccc4)N=[N+](c4ccc(OC)cc4)[N-]C23c2ccccc2)cc1. The second-order valence-electron chi connectivity index (χ2n) is 10.3. The minimum absolute atomic E-state index is 0.575. The molecule has 43 heavy (non-hydrogen) atoms. The average molecular weight is 584 g/mol. The molecule has 0 radical (unpaired) electrons. The smallest absolute Gasteiger partial charge is 0.225 e. The molecule has 5 aromatic carbocycles. The van der Waals surface area contributed by atoms with Crippen molar-refractivity contribution in [3.8, 4) is 11.5 Å². The number of benzene rings is 5.